The Morgan fingerprint density at radius 3 is 2.48 bits per heavy atom. The van der Waals surface area contributed by atoms with Crippen LogP contribution in [0.1, 0.15) is 30.3 Å². The number of nitrogens with one attached hydrogen (secondary N) is 2. The average Bonchev–Trinajstić information content (AvgIpc) is 3.16. The first-order valence-electron chi connectivity index (χ1n) is 10.2. The zero-order valence-electron chi connectivity index (χ0n) is 18.0. The third-order valence-electron chi connectivity index (χ3n) is 4.95. The van der Waals surface area contributed by atoms with Gasteiger partial charge in [-0.25, -0.2) is 0 Å². The fourth-order valence-electron chi connectivity index (χ4n) is 3.10. The smallest absolute Gasteiger partial charge is 0.234 e. The van der Waals surface area contributed by atoms with Gasteiger partial charge in [-0.15, -0.1) is 10.2 Å². The predicted octanol–water partition coefficient (Wildman–Crippen LogP) is 4.22. The number of rotatable bonds is 9. The van der Waals surface area contributed by atoms with E-state index in [4.69, 9.17) is 0 Å². The lowest BCUT2D eigenvalue weighted by Crippen LogP contribution is -2.16. The van der Waals surface area contributed by atoms with Crippen LogP contribution in [0.2, 0.25) is 0 Å². The largest absolute Gasteiger partial charge is 0.326 e. The van der Waals surface area contributed by atoms with Gasteiger partial charge in [0.25, 0.3) is 0 Å². The summed E-state index contributed by atoms with van der Waals surface area (Å²) in [6.07, 6.45) is 0.791. The Kier molecular flexibility index (Phi) is 7.83. The molecule has 31 heavy (non-hydrogen) atoms. The lowest BCUT2D eigenvalue weighted by atomic mass is 10.1. The zero-order chi connectivity index (χ0) is 22.2. The number of aromatic nitrogens is 3. The van der Waals surface area contributed by atoms with E-state index in [0.717, 1.165) is 28.3 Å². The van der Waals surface area contributed by atoms with Crippen LogP contribution in [0.15, 0.2) is 53.7 Å². The maximum absolute atomic E-state index is 12.4. The molecule has 1 heterocycles. The molecule has 7 nitrogen and oxygen atoms in total. The molecular weight excluding hydrogens is 410 g/mol. The van der Waals surface area contributed by atoms with Crippen LogP contribution >= 0.6 is 11.8 Å². The molecule has 0 unspecified atom stereocenters. The number of hydrogen-bond acceptors (Lipinski definition) is 5. The van der Waals surface area contributed by atoms with Crippen LogP contribution in [0.4, 0.5) is 11.4 Å². The molecule has 0 atom stereocenters. The summed E-state index contributed by atoms with van der Waals surface area (Å²) >= 11 is 1.34. The molecule has 162 valence electrons. The molecule has 0 aliphatic heterocycles. The molecule has 2 N–H and O–H groups in total. The van der Waals surface area contributed by atoms with Gasteiger partial charge in [0.15, 0.2) is 5.16 Å². The lowest BCUT2D eigenvalue weighted by molar-refractivity contribution is -0.116. The van der Waals surface area contributed by atoms with Crippen molar-refractivity contribution in [2.24, 2.45) is 0 Å². The van der Waals surface area contributed by atoms with Crippen LogP contribution in [0.3, 0.4) is 0 Å². The predicted molar refractivity (Wildman–Crippen MR) is 124 cm³/mol. The van der Waals surface area contributed by atoms with Crippen molar-refractivity contribution in [3.63, 3.8) is 0 Å². The number of amides is 2. The minimum Gasteiger partial charge on any atom is -0.326 e. The van der Waals surface area contributed by atoms with Gasteiger partial charge in [-0.05, 0) is 50.1 Å². The number of thioether (sulfide) groups is 1. The van der Waals surface area contributed by atoms with Gasteiger partial charge in [0.2, 0.25) is 11.8 Å². The number of carbonyl (C=O) groups is 2. The van der Waals surface area contributed by atoms with Crippen LogP contribution in [-0.2, 0) is 22.6 Å². The van der Waals surface area contributed by atoms with E-state index >= 15 is 0 Å². The van der Waals surface area contributed by atoms with Gasteiger partial charge in [-0.3, -0.25) is 9.59 Å². The second-order valence-corrected chi connectivity index (χ2v) is 8.08. The number of carbonyl (C=O) groups excluding carboxylic acids is 2. The highest BCUT2D eigenvalue weighted by atomic mass is 32.2. The molecule has 0 radical (unpaired) electrons. The van der Waals surface area contributed by atoms with Crippen LogP contribution in [0.5, 0.6) is 0 Å². The maximum Gasteiger partial charge on any atom is 0.234 e. The summed E-state index contributed by atoms with van der Waals surface area (Å²) in [5.74, 6) is 0.817. The first kappa shape index (κ1) is 22.6. The number of para-hydroxylation sites is 1. The molecule has 0 aliphatic carbocycles. The number of aryl methyl sites for hydroxylation is 2. The molecule has 0 fully saturated rings. The van der Waals surface area contributed by atoms with Crippen molar-refractivity contribution in [2.45, 2.75) is 45.3 Å². The highest BCUT2D eigenvalue weighted by Gasteiger charge is 2.15. The van der Waals surface area contributed by atoms with Gasteiger partial charge in [-0.2, -0.15) is 0 Å². The molecule has 3 aromatic rings. The Morgan fingerprint density at radius 1 is 0.968 bits per heavy atom. The van der Waals surface area contributed by atoms with E-state index in [2.05, 4.69) is 20.8 Å². The van der Waals surface area contributed by atoms with Gasteiger partial charge >= 0.3 is 0 Å². The third-order valence-corrected chi connectivity index (χ3v) is 5.92. The van der Waals surface area contributed by atoms with E-state index in [1.807, 2.05) is 73.9 Å². The van der Waals surface area contributed by atoms with E-state index in [1.165, 1.54) is 11.8 Å². The Morgan fingerprint density at radius 2 is 1.74 bits per heavy atom. The molecular formula is C23H27N5O2S. The molecule has 2 amide bonds. The van der Waals surface area contributed by atoms with Crippen LogP contribution in [-0.4, -0.2) is 32.3 Å². The quantitative estimate of drug-likeness (QED) is 0.490. The van der Waals surface area contributed by atoms with Crippen molar-refractivity contribution in [3.8, 4) is 0 Å². The molecule has 0 aliphatic rings. The van der Waals surface area contributed by atoms with E-state index in [1.54, 1.807) is 0 Å². The van der Waals surface area contributed by atoms with Crippen LogP contribution in [0.25, 0.3) is 0 Å². The summed E-state index contributed by atoms with van der Waals surface area (Å²) in [4.78, 5) is 24.6. The molecule has 0 bridgehead atoms. The second kappa shape index (κ2) is 10.8. The zero-order valence-corrected chi connectivity index (χ0v) is 18.8. The summed E-state index contributed by atoms with van der Waals surface area (Å²) in [6, 6.07) is 15.2. The minimum atomic E-state index is -0.101. The SMILES string of the molecule is CCn1c(CCC(=O)Nc2cccc(C)c2C)nnc1SCC(=O)Nc1ccccc1. The Balaban J connectivity index is 1.54. The van der Waals surface area contributed by atoms with Crippen molar-refractivity contribution in [3.05, 3.63) is 65.5 Å². The van der Waals surface area contributed by atoms with E-state index in [9.17, 15) is 9.59 Å². The summed E-state index contributed by atoms with van der Waals surface area (Å²) in [6.45, 7) is 6.69. The van der Waals surface area contributed by atoms with Crippen molar-refractivity contribution >= 4 is 35.0 Å². The van der Waals surface area contributed by atoms with Crippen molar-refractivity contribution in [2.75, 3.05) is 16.4 Å². The van der Waals surface area contributed by atoms with E-state index in [-0.39, 0.29) is 17.6 Å². The van der Waals surface area contributed by atoms with Gasteiger partial charge in [-0.1, -0.05) is 42.1 Å². The summed E-state index contributed by atoms with van der Waals surface area (Å²) in [5, 5.41) is 15.0. The maximum atomic E-state index is 12.4. The summed E-state index contributed by atoms with van der Waals surface area (Å²) in [7, 11) is 0. The number of nitrogens with zero attached hydrogens (tertiary/aromatic N) is 3. The number of hydrogen-bond donors (Lipinski definition) is 2. The van der Waals surface area contributed by atoms with E-state index < -0.39 is 0 Å². The second-order valence-electron chi connectivity index (χ2n) is 7.14. The van der Waals surface area contributed by atoms with Crippen molar-refractivity contribution < 1.29 is 9.59 Å². The summed E-state index contributed by atoms with van der Waals surface area (Å²) < 4.78 is 1.95. The fraction of sp³-hybridized carbons (Fsp3) is 0.304. The number of anilines is 2. The van der Waals surface area contributed by atoms with Gasteiger partial charge in [0.1, 0.15) is 5.82 Å². The first-order chi connectivity index (χ1) is 15.0. The molecule has 1 aromatic heterocycles. The summed E-state index contributed by atoms with van der Waals surface area (Å²) in [5.41, 5.74) is 3.81. The Labute approximate surface area is 186 Å². The Bertz CT molecular complexity index is 1050. The average molecular weight is 438 g/mol. The topological polar surface area (TPSA) is 88.9 Å². The molecule has 0 spiro atoms. The van der Waals surface area contributed by atoms with Crippen molar-refractivity contribution in [1.29, 1.82) is 0 Å². The monoisotopic (exact) mass is 437 g/mol. The van der Waals surface area contributed by atoms with Crippen LogP contribution < -0.4 is 10.6 Å². The van der Waals surface area contributed by atoms with Crippen molar-refractivity contribution in [1.82, 2.24) is 14.8 Å². The first-order valence-corrected chi connectivity index (χ1v) is 11.2. The fourth-order valence-corrected chi connectivity index (χ4v) is 3.92. The van der Waals surface area contributed by atoms with E-state index in [0.29, 0.717) is 24.5 Å². The standard InChI is InChI=1S/C23H27N5O2S/c1-4-28-20(13-14-21(29)25-19-12-8-9-16(2)17(19)3)26-27-23(28)31-15-22(30)24-18-10-6-5-7-11-18/h5-12H,4,13-15H2,1-3H3,(H,24,30)(H,25,29). The normalized spacial score (nSPS) is 10.7. The highest BCUT2D eigenvalue weighted by Crippen LogP contribution is 2.20. The minimum absolute atomic E-state index is 0.0594. The van der Waals surface area contributed by atoms with Gasteiger partial charge in [0.05, 0.1) is 5.75 Å². The molecule has 2 aromatic carbocycles. The Hall–Kier alpha value is -3.13. The van der Waals surface area contributed by atoms with Gasteiger partial charge in [0, 0.05) is 30.8 Å². The molecule has 0 saturated carbocycles. The third kappa shape index (κ3) is 6.18. The highest BCUT2D eigenvalue weighted by molar-refractivity contribution is 7.99. The van der Waals surface area contributed by atoms with Gasteiger partial charge < -0.3 is 15.2 Å². The van der Waals surface area contributed by atoms with Crippen LogP contribution in [0, 0.1) is 13.8 Å². The lowest BCUT2D eigenvalue weighted by Gasteiger charge is -2.11. The number of benzene rings is 2. The molecule has 8 heteroatoms. The molecule has 0 saturated heterocycles. The molecule has 3 rings (SSSR count).